The average Bonchev–Trinajstić information content (AvgIpc) is 2.93. The number of benzene rings is 4. The Hall–Kier alpha value is -4.69. The Morgan fingerprint density at radius 2 is 0.919 bits per heavy atom. The third-order valence-electron chi connectivity index (χ3n) is 6.84. The molecule has 8 nitrogen and oxygen atoms in total. The lowest BCUT2D eigenvalue weighted by Crippen LogP contribution is -2.46. The third kappa shape index (κ3) is 4.74. The number of carbonyl (C=O) groups is 1. The van der Waals surface area contributed by atoms with Crippen molar-refractivity contribution in [1.82, 2.24) is 5.32 Å². The van der Waals surface area contributed by atoms with Crippen LogP contribution in [0, 0.1) is 20.2 Å². The number of piperidine rings is 1. The number of nitrogens with zero attached hydrogens (tertiary/aromatic N) is 2. The Bertz CT molecular complexity index is 1350. The van der Waals surface area contributed by atoms with Crippen molar-refractivity contribution in [1.29, 1.82) is 0 Å². The van der Waals surface area contributed by atoms with Crippen LogP contribution >= 0.6 is 0 Å². The van der Waals surface area contributed by atoms with Crippen molar-refractivity contribution in [2.45, 2.75) is 23.9 Å². The normalized spacial score (nSPS) is 21.4. The van der Waals surface area contributed by atoms with Gasteiger partial charge in [0.2, 0.25) is 0 Å². The summed E-state index contributed by atoms with van der Waals surface area (Å²) in [6.07, 6.45) is 0. The molecule has 5 rings (SSSR count). The van der Waals surface area contributed by atoms with Crippen LogP contribution in [0.4, 0.5) is 11.4 Å². The highest BCUT2D eigenvalue weighted by Crippen LogP contribution is 2.47. The molecule has 1 N–H and O–H groups in total. The van der Waals surface area contributed by atoms with E-state index in [-0.39, 0.29) is 17.2 Å². The topological polar surface area (TPSA) is 115 Å². The highest BCUT2D eigenvalue weighted by Gasteiger charge is 2.46. The molecule has 0 saturated carbocycles. The molecule has 4 aromatic rings. The minimum atomic E-state index is -0.636. The smallest absolute Gasteiger partial charge is 0.269 e. The van der Waals surface area contributed by atoms with Crippen molar-refractivity contribution in [2.75, 3.05) is 0 Å². The first kappa shape index (κ1) is 24.0. The van der Waals surface area contributed by atoms with Gasteiger partial charge in [-0.25, -0.2) is 0 Å². The van der Waals surface area contributed by atoms with E-state index in [0.29, 0.717) is 11.1 Å². The quantitative estimate of drug-likeness (QED) is 0.259. The fourth-order valence-electron chi connectivity index (χ4n) is 5.18. The van der Waals surface area contributed by atoms with E-state index in [1.165, 1.54) is 24.3 Å². The van der Waals surface area contributed by atoms with E-state index in [1.54, 1.807) is 24.3 Å². The van der Waals surface area contributed by atoms with E-state index in [4.69, 9.17) is 0 Å². The minimum absolute atomic E-state index is 0.0656. The zero-order valence-corrected chi connectivity index (χ0v) is 19.6. The predicted octanol–water partition coefficient (Wildman–Crippen LogP) is 6.03. The molecule has 0 amide bonds. The summed E-state index contributed by atoms with van der Waals surface area (Å²) in [5.41, 5.74) is 2.62. The van der Waals surface area contributed by atoms with Crippen LogP contribution in [-0.2, 0) is 4.79 Å². The SMILES string of the molecule is O=C1[C@H](c2ccccc2)[C@H](c2cccc([N+](=O)[O-])c2)N[C@H](c2cccc([N+](=O)[O-])c2)[C@@H]1c1ccccc1. The molecule has 37 heavy (non-hydrogen) atoms. The number of nitro groups is 2. The van der Waals surface area contributed by atoms with E-state index >= 15 is 0 Å². The Morgan fingerprint density at radius 3 is 1.30 bits per heavy atom. The van der Waals surface area contributed by atoms with Gasteiger partial charge >= 0.3 is 0 Å². The molecule has 0 radical (unpaired) electrons. The van der Waals surface area contributed by atoms with Gasteiger partial charge in [0.15, 0.2) is 5.78 Å². The summed E-state index contributed by atoms with van der Waals surface area (Å²) < 4.78 is 0. The maximum Gasteiger partial charge on any atom is 0.269 e. The first-order valence-corrected chi connectivity index (χ1v) is 11.8. The maximum absolute atomic E-state index is 14.4. The average molecular weight is 494 g/mol. The second kappa shape index (κ2) is 10.1. The van der Waals surface area contributed by atoms with Gasteiger partial charge in [-0.2, -0.15) is 0 Å². The number of Topliss-reactive ketones (excluding diaryl/α,β-unsaturated/α-hetero) is 1. The molecule has 0 spiro atoms. The van der Waals surface area contributed by atoms with E-state index in [9.17, 15) is 25.0 Å². The lowest BCUT2D eigenvalue weighted by Gasteiger charge is -2.42. The van der Waals surface area contributed by atoms with Crippen LogP contribution in [0.2, 0.25) is 0 Å². The van der Waals surface area contributed by atoms with Crippen LogP contribution in [0.3, 0.4) is 0 Å². The summed E-state index contributed by atoms with van der Waals surface area (Å²) in [6, 6.07) is 30.0. The first-order valence-electron chi connectivity index (χ1n) is 11.8. The van der Waals surface area contributed by atoms with Crippen LogP contribution in [0.1, 0.15) is 46.2 Å². The molecule has 8 heteroatoms. The van der Waals surface area contributed by atoms with Crippen LogP contribution in [0.15, 0.2) is 109 Å². The zero-order chi connectivity index (χ0) is 25.9. The number of ketones is 1. The summed E-state index contributed by atoms with van der Waals surface area (Å²) in [5, 5.41) is 26.6. The molecule has 184 valence electrons. The van der Waals surface area contributed by atoms with Gasteiger partial charge in [-0.15, -0.1) is 0 Å². The van der Waals surface area contributed by atoms with Crippen molar-refractivity contribution in [3.63, 3.8) is 0 Å². The highest BCUT2D eigenvalue weighted by molar-refractivity contribution is 5.94. The molecule has 0 aliphatic carbocycles. The summed E-state index contributed by atoms with van der Waals surface area (Å²) in [4.78, 5) is 36.6. The van der Waals surface area contributed by atoms with Gasteiger partial charge in [0.05, 0.1) is 21.7 Å². The van der Waals surface area contributed by atoms with Crippen molar-refractivity contribution < 1.29 is 14.6 Å². The number of hydrogen-bond acceptors (Lipinski definition) is 6. The summed E-state index contributed by atoms with van der Waals surface area (Å²) in [5.74, 6) is -1.34. The molecule has 1 heterocycles. The first-order chi connectivity index (χ1) is 17.9. The van der Waals surface area contributed by atoms with E-state index in [0.717, 1.165) is 11.1 Å². The van der Waals surface area contributed by atoms with Gasteiger partial charge in [-0.05, 0) is 22.3 Å². The van der Waals surface area contributed by atoms with Crippen LogP contribution in [0.25, 0.3) is 0 Å². The number of rotatable bonds is 6. The summed E-state index contributed by atoms with van der Waals surface area (Å²) in [6.45, 7) is 0. The third-order valence-corrected chi connectivity index (χ3v) is 6.84. The fraction of sp³-hybridized carbons (Fsp3) is 0.138. The number of hydrogen-bond donors (Lipinski definition) is 1. The minimum Gasteiger partial charge on any atom is -0.301 e. The molecule has 0 bridgehead atoms. The second-order valence-electron chi connectivity index (χ2n) is 9.01. The van der Waals surface area contributed by atoms with Crippen LogP contribution in [-0.4, -0.2) is 15.6 Å². The standard InChI is InChI=1S/C29H23N3O5/c33-29-25(19-9-3-1-4-10-19)27(21-13-7-15-23(17-21)31(34)35)30-28(26(29)20-11-5-2-6-12-20)22-14-8-16-24(18-22)32(36)37/h1-18,25-28,30H/t25-,26+,27+,28-. The summed E-state index contributed by atoms with van der Waals surface area (Å²) in [7, 11) is 0. The molecule has 1 saturated heterocycles. The number of non-ortho nitro benzene ring substituents is 2. The molecular weight excluding hydrogens is 470 g/mol. The molecule has 4 aromatic carbocycles. The number of nitro benzene ring substituents is 2. The van der Waals surface area contributed by atoms with Crippen molar-refractivity contribution in [2.24, 2.45) is 0 Å². The highest BCUT2D eigenvalue weighted by atomic mass is 16.6. The van der Waals surface area contributed by atoms with Gasteiger partial charge in [0.25, 0.3) is 11.4 Å². The molecule has 1 aliphatic heterocycles. The van der Waals surface area contributed by atoms with Crippen molar-refractivity contribution >= 4 is 17.2 Å². The van der Waals surface area contributed by atoms with Crippen LogP contribution < -0.4 is 5.32 Å². The zero-order valence-electron chi connectivity index (χ0n) is 19.6. The van der Waals surface area contributed by atoms with Gasteiger partial charge in [-0.1, -0.05) is 84.9 Å². The number of carbonyl (C=O) groups excluding carboxylic acids is 1. The van der Waals surface area contributed by atoms with Gasteiger partial charge in [-0.3, -0.25) is 25.0 Å². The Kier molecular flexibility index (Phi) is 6.57. The maximum atomic E-state index is 14.4. The largest absolute Gasteiger partial charge is 0.301 e. The van der Waals surface area contributed by atoms with Gasteiger partial charge in [0, 0.05) is 36.3 Å². The molecule has 0 aromatic heterocycles. The van der Waals surface area contributed by atoms with E-state index in [1.807, 2.05) is 60.7 Å². The molecule has 4 atom stereocenters. The molecule has 0 unspecified atom stereocenters. The summed E-state index contributed by atoms with van der Waals surface area (Å²) >= 11 is 0. The van der Waals surface area contributed by atoms with Crippen molar-refractivity contribution in [3.8, 4) is 0 Å². The molecular formula is C29H23N3O5. The Balaban J connectivity index is 1.70. The number of nitrogens with one attached hydrogen (secondary N) is 1. The monoisotopic (exact) mass is 493 g/mol. The Morgan fingerprint density at radius 1 is 0.541 bits per heavy atom. The molecule has 1 fully saturated rings. The van der Waals surface area contributed by atoms with Crippen LogP contribution in [0.5, 0.6) is 0 Å². The van der Waals surface area contributed by atoms with E-state index in [2.05, 4.69) is 5.32 Å². The van der Waals surface area contributed by atoms with Gasteiger partial charge in [0.1, 0.15) is 0 Å². The van der Waals surface area contributed by atoms with E-state index < -0.39 is 33.8 Å². The van der Waals surface area contributed by atoms with Gasteiger partial charge < -0.3 is 5.32 Å². The lowest BCUT2D eigenvalue weighted by atomic mass is 9.70. The fourth-order valence-corrected chi connectivity index (χ4v) is 5.18. The second-order valence-corrected chi connectivity index (χ2v) is 9.01. The van der Waals surface area contributed by atoms with Crippen molar-refractivity contribution in [3.05, 3.63) is 152 Å². The Labute approximate surface area is 212 Å². The molecule has 1 aliphatic rings. The predicted molar refractivity (Wildman–Crippen MR) is 138 cm³/mol. The lowest BCUT2D eigenvalue weighted by molar-refractivity contribution is -0.385.